The Morgan fingerprint density at radius 2 is 2.06 bits per heavy atom. The van der Waals surface area contributed by atoms with E-state index in [1.807, 2.05) is 23.6 Å². The highest BCUT2D eigenvalue weighted by molar-refractivity contribution is 7.10. The van der Waals surface area contributed by atoms with Gasteiger partial charge < -0.3 is 5.11 Å². The van der Waals surface area contributed by atoms with Gasteiger partial charge in [0.25, 0.3) is 0 Å². The molecule has 1 heterocycles. The number of halogens is 1. The number of rotatable bonds is 3. The van der Waals surface area contributed by atoms with E-state index < -0.39 is 6.10 Å². The van der Waals surface area contributed by atoms with Crippen molar-refractivity contribution in [3.8, 4) is 0 Å². The summed E-state index contributed by atoms with van der Waals surface area (Å²) in [5.74, 6) is 0. The van der Waals surface area contributed by atoms with Crippen LogP contribution in [0.5, 0.6) is 0 Å². The summed E-state index contributed by atoms with van der Waals surface area (Å²) < 4.78 is 0. The van der Waals surface area contributed by atoms with E-state index in [4.69, 9.17) is 11.6 Å². The van der Waals surface area contributed by atoms with E-state index in [0.29, 0.717) is 5.02 Å². The minimum atomic E-state index is -0.608. The molecule has 2 aromatic rings. The highest BCUT2D eigenvalue weighted by atomic mass is 35.5. The molecular weight excluding hydrogens is 240 g/mol. The molecule has 0 saturated heterocycles. The van der Waals surface area contributed by atoms with E-state index in [2.05, 4.69) is 13.0 Å². The van der Waals surface area contributed by atoms with E-state index in [9.17, 15) is 5.11 Å². The number of aryl methyl sites for hydroxylation is 1. The molecule has 2 rings (SSSR count). The van der Waals surface area contributed by atoms with Gasteiger partial charge in [-0.3, -0.25) is 0 Å². The predicted molar refractivity (Wildman–Crippen MR) is 69.2 cm³/mol. The lowest BCUT2D eigenvalue weighted by molar-refractivity contribution is 0.223. The summed E-state index contributed by atoms with van der Waals surface area (Å²) in [4.78, 5) is 0.996. The van der Waals surface area contributed by atoms with Gasteiger partial charge in [0.2, 0.25) is 0 Å². The van der Waals surface area contributed by atoms with Gasteiger partial charge in [-0.05, 0) is 29.5 Å². The fourth-order valence-electron chi connectivity index (χ4n) is 1.72. The van der Waals surface area contributed by atoms with Crippen LogP contribution in [0, 0.1) is 0 Å². The third kappa shape index (κ3) is 2.14. The summed E-state index contributed by atoms with van der Waals surface area (Å²) in [5, 5.41) is 12.9. The zero-order valence-corrected chi connectivity index (χ0v) is 10.6. The number of aliphatic hydroxyl groups excluding tert-OH is 1. The fraction of sp³-hybridized carbons (Fsp3) is 0.231. The molecule has 16 heavy (non-hydrogen) atoms. The summed E-state index contributed by atoms with van der Waals surface area (Å²) in [6.45, 7) is 2.09. The van der Waals surface area contributed by atoms with E-state index in [-0.39, 0.29) is 0 Å². The lowest BCUT2D eigenvalue weighted by Crippen LogP contribution is -2.00. The van der Waals surface area contributed by atoms with Crippen LogP contribution >= 0.6 is 22.9 Å². The molecule has 0 fully saturated rings. The summed E-state index contributed by atoms with van der Waals surface area (Å²) in [5.41, 5.74) is 1.97. The van der Waals surface area contributed by atoms with Gasteiger partial charge in [0.15, 0.2) is 0 Å². The fourth-order valence-corrected chi connectivity index (χ4v) is 2.96. The van der Waals surface area contributed by atoms with Crippen LogP contribution in [0.3, 0.4) is 0 Å². The highest BCUT2D eigenvalue weighted by Crippen LogP contribution is 2.33. The molecule has 1 N–H and O–H groups in total. The van der Waals surface area contributed by atoms with Crippen LogP contribution in [0.4, 0.5) is 0 Å². The van der Waals surface area contributed by atoms with Gasteiger partial charge in [0.05, 0.1) is 0 Å². The molecule has 0 aliphatic carbocycles. The second kappa shape index (κ2) is 5.00. The van der Waals surface area contributed by atoms with E-state index in [0.717, 1.165) is 16.9 Å². The van der Waals surface area contributed by atoms with Crippen molar-refractivity contribution >= 4 is 22.9 Å². The summed E-state index contributed by atoms with van der Waals surface area (Å²) in [6.07, 6.45) is 0.323. The second-order valence-electron chi connectivity index (χ2n) is 3.59. The molecule has 1 nitrogen and oxygen atoms in total. The first-order valence-electron chi connectivity index (χ1n) is 5.22. The zero-order valence-electron chi connectivity index (χ0n) is 8.98. The molecule has 0 saturated carbocycles. The molecule has 1 aromatic heterocycles. The Morgan fingerprint density at radius 1 is 1.31 bits per heavy atom. The van der Waals surface area contributed by atoms with Crippen molar-refractivity contribution in [2.24, 2.45) is 0 Å². The SMILES string of the molecule is CCc1ccsc1C(O)c1ccccc1Cl. The number of benzene rings is 1. The lowest BCUT2D eigenvalue weighted by atomic mass is 10.0. The summed E-state index contributed by atoms with van der Waals surface area (Å²) >= 11 is 7.65. The Hall–Kier alpha value is -0.830. The Morgan fingerprint density at radius 3 is 2.75 bits per heavy atom. The Kier molecular flexibility index (Phi) is 3.64. The molecule has 1 unspecified atom stereocenters. The van der Waals surface area contributed by atoms with Gasteiger partial charge in [-0.15, -0.1) is 11.3 Å². The van der Waals surface area contributed by atoms with E-state index in [1.165, 1.54) is 5.56 Å². The van der Waals surface area contributed by atoms with Gasteiger partial charge in [0.1, 0.15) is 6.10 Å². The average molecular weight is 253 g/mol. The quantitative estimate of drug-likeness (QED) is 0.874. The maximum Gasteiger partial charge on any atom is 0.115 e. The maximum absolute atomic E-state index is 10.3. The molecular formula is C13H13ClOS. The molecule has 0 spiro atoms. The van der Waals surface area contributed by atoms with Crippen LogP contribution in [0.1, 0.15) is 29.0 Å². The monoisotopic (exact) mass is 252 g/mol. The molecule has 0 amide bonds. The van der Waals surface area contributed by atoms with Crippen molar-refractivity contribution in [2.45, 2.75) is 19.4 Å². The van der Waals surface area contributed by atoms with Crippen LogP contribution in [0.2, 0.25) is 5.02 Å². The first-order valence-corrected chi connectivity index (χ1v) is 6.48. The molecule has 0 aliphatic heterocycles. The Balaban J connectivity index is 2.39. The van der Waals surface area contributed by atoms with Gasteiger partial charge in [-0.25, -0.2) is 0 Å². The third-order valence-electron chi connectivity index (χ3n) is 2.61. The molecule has 0 bridgehead atoms. The second-order valence-corrected chi connectivity index (χ2v) is 4.94. The molecule has 3 heteroatoms. The van der Waals surface area contributed by atoms with Crippen LogP contribution in [-0.2, 0) is 6.42 Å². The van der Waals surface area contributed by atoms with Crippen molar-refractivity contribution in [2.75, 3.05) is 0 Å². The average Bonchev–Trinajstić information content (AvgIpc) is 2.77. The normalized spacial score (nSPS) is 12.7. The summed E-state index contributed by atoms with van der Waals surface area (Å²) in [6, 6.07) is 9.49. The largest absolute Gasteiger partial charge is 0.383 e. The van der Waals surface area contributed by atoms with Gasteiger partial charge in [-0.1, -0.05) is 36.7 Å². The lowest BCUT2D eigenvalue weighted by Gasteiger charge is -2.12. The molecule has 0 radical (unpaired) electrons. The maximum atomic E-state index is 10.3. The van der Waals surface area contributed by atoms with Gasteiger partial charge in [0, 0.05) is 15.5 Å². The molecule has 1 aromatic carbocycles. The minimum absolute atomic E-state index is 0.608. The molecule has 84 valence electrons. The number of hydrogen-bond donors (Lipinski definition) is 1. The van der Waals surface area contributed by atoms with Gasteiger partial charge >= 0.3 is 0 Å². The van der Waals surface area contributed by atoms with E-state index in [1.54, 1.807) is 17.4 Å². The zero-order chi connectivity index (χ0) is 11.5. The van der Waals surface area contributed by atoms with Crippen LogP contribution in [0.15, 0.2) is 35.7 Å². The molecule has 0 aliphatic rings. The predicted octanol–water partition coefficient (Wildman–Crippen LogP) is 4.05. The first kappa shape index (κ1) is 11.6. The van der Waals surface area contributed by atoms with Crippen LogP contribution in [0.25, 0.3) is 0 Å². The van der Waals surface area contributed by atoms with Crippen molar-refractivity contribution in [1.82, 2.24) is 0 Å². The van der Waals surface area contributed by atoms with Crippen molar-refractivity contribution in [3.63, 3.8) is 0 Å². The van der Waals surface area contributed by atoms with Crippen LogP contribution < -0.4 is 0 Å². The van der Waals surface area contributed by atoms with Crippen molar-refractivity contribution in [3.05, 3.63) is 56.7 Å². The Labute approximate surface area is 104 Å². The smallest absolute Gasteiger partial charge is 0.115 e. The first-order chi connectivity index (χ1) is 7.74. The Bertz CT molecular complexity index is 478. The highest BCUT2D eigenvalue weighted by Gasteiger charge is 2.17. The third-order valence-corrected chi connectivity index (χ3v) is 3.97. The minimum Gasteiger partial charge on any atom is -0.383 e. The number of aliphatic hydroxyl groups is 1. The van der Waals surface area contributed by atoms with Crippen molar-refractivity contribution in [1.29, 1.82) is 0 Å². The topological polar surface area (TPSA) is 20.2 Å². The number of hydrogen-bond acceptors (Lipinski definition) is 2. The summed E-state index contributed by atoms with van der Waals surface area (Å²) in [7, 11) is 0. The van der Waals surface area contributed by atoms with Crippen molar-refractivity contribution < 1.29 is 5.11 Å². The van der Waals surface area contributed by atoms with E-state index >= 15 is 0 Å². The van der Waals surface area contributed by atoms with Crippen LogP contribution in [-0.4, -0.2) is 5.11 Å². The number of thiophene rings is 1. The molecule has 1 atom stereocenters. The van der Waals surface area contributed by atoms with Gasteiger partial charge in [-0.2, -0.15) is 0 Å². The standard InChI is InChI=1S/C13H13ClOS/c1-2-9-7-8-16-13(9)12(15)10-5-3-4-6-11(10)14/h3-8,12,15H,2H2,1H3.